The third kappa shape index (κ3) is 4.50. The van der Waals surface area contributed by atoms with E-state index in [-0.39, 0.29) is 17.9 Å². The summed E-state index contributed by atoms with van der Waals surface area (Å²) in [5, 5.41) is 2.99. The van der Waals surface area contributed by atoms with Gasteiger partial charge >= 0.3 is 0 Å². The van der Waals surface area contributed by atoms with Crippen LogP contribution in [-0.4, -0.2) is 11.9 Å². The summed E-state index contributed by atoms with van der Waals surface area (Å²) in [6, 6.07) is 18.8. The maximum atomic E-state index is 12.2. The van der Waals surface area contributed by atoms with Gasteiger partial charge in [-0.05, 0) is 30.2 Å². The summed E-state index contributed by atoms with van der Waals surface area (Å²) in [7, 11) is 0. The summed E-state index contributed by atoms with van der Waals surface area (Å²) in [5.74, 6) is 6.43. The van der Waals surface area contributed by atoms with E-state index < -0.39 is 0 Å². The summed E-state index contributed by atoms with van der Waals surface area (Å²) < 4.78 is 0. The van der Waals surface area contributed by atoms with Crippen molar-refractivity contribution < 1.29 is 4.79 Å². The molecule has 2 heteroatoms. The van der Waals surface area contributed by atoms with Crippen molar-refractivity contribution in [1.29, 1.82) is 0 Å². The normalized spacial score (nSPS) is 11.4. The number of amides is 1. The third-order valence-corrected chi connectivity index (χ3v) is 3.14. The number of nitrogens with one attached hydrogen (secondary N) is 1. The molecule has 0 aliphatic carbocycles. The minimum Gasteiger partial charge on any atom is -0.338 e. The Kier molecular flexibility index (Phi) is 5.17. The number of carbonyl (C=O) groups excluding carboxylic acids is 1. The number of rotatable bonds is 3. The molecule has 21 heavy (non-hydrogen) atoms. The molecule has 1 unspecified atom stereocenters. The zero-order valence-electron chi connectivity index (χ0n) is 12.3. The average Bonchev–Trinajstić information content (AvgIpc) is 2.52. The first-order chi connectivity index (χ1) is 10.2. The van der Waals surface area contributed by atoms with E-state index in [2.05, 4.69) is 31.0 Å². The number of carbonyl (C=O) groups is 1. The Morgan fingerprint density at radius 3 is 2.10 bits per heavy atom. The van der Waals surface area contributed by atoms with Gasteiger partial charge in [-0.3, -0.25) is 4.79 Å². The quantitative estimate of drug-likeness (QED) is 0.855. The topological polar surface area (TPSA) is 29.1 Å². The molecule has 0 aliphatic heterocycles. The predicted octanol–water partition coefficient (Wildman–Crippen LogP) is 3.49. The van der Waals surface area contributed by atoms with Crippen molar-refractivity contribution in [2.24, 2.45) is 5.92 Å². The maximum absolute atomic E-state index is 12.2. The molecular weight excluding hydrogens is 258 g/mol. The molecule has 0 saturated heterocycles. The van der Waals surface area contributed by atoms with Gasteiger partial charge in [-0.1, -0.05) is 62.1 Å². The number of hydrogen-bond donors (Lipinski definition) is 1. The molecule has 0 bridgehead atoms. The van der Waals surface area contributed by atoms with Gasteiger partial charge in [-0.2, -0.15) is 0 Å². The molecule has 0 spiro atoms. The number of hydrogen-bond acceptors (Lipinski definition) is 1. The van der Waals surface area contributed by atoms with Gasteiger partial charge in [0.2, 0.25) is 0 Å². The van der Waals surface area contributed by atoms with Crippen LogP contribution in [0.1, 0.15) is 29.8 Å². The Labute approximate surface area is 126 Å². The van der Waals surface area contributed by atoms with Crippen molar-refractivity contribution in [3.8, 4) is 11.8 Å². The van der Waals surface area contributed by atoms with E-state index in [0.29, 0.717) is 5.56 Å². The van der Waals surface area contributed by atoms with E-state index in [1.165, 1.54) is 0 Å². The van der Waals surface area contributed by atoms with Crippen molar-refractivity contribution >= 4 is 5.91 Å². The van der Waals surface area contributed by atoms with Crippen molar-refractivity contribution in [1.82, 2.24) is 5.32 Å². The summed E-state index contributed by atoms with van der Waals surface area (Å²) in [5.41, 5.74) is 1.61. The van der Waals surface area contributed by atoms with Crippen LogP contribution in [0.25, 0.3) is 0 Å². The molecule has 1 N–H and O–H groups in total. The SMILES string of the molecule is CC(C)C(C#Cc1ccccc1)NC(=O)c1ccccc1. The van der Waals surface area contributed by atoms with Crippen LogP contribution in [0.4, 0.5) is 0 Å². The van der Waals surface area contributed by atoms with E-state index in [4.69, 9.17) is 0 Å². The lowest BCUT2D eigenvalue weighted by Crippen LogP contribution is -2.37. The van der Waals surface area contributed by atoms with Crippen molar-refractivity contribution in [3.05, 3.63) is 71.8 Å². The second kappa shape index (κ2) is 7.31. The van der Waals surface area contributed by atoms with E-state index in [1.807, 2.05) is 48.5 Å². The highest BCUT2D eigenvalue weighted by Gasteiger charge is 2.14. The highest BCUT2D eigenvalue weighted by molar-refractivity contribution is 5.94. The zero-order valence-corrected chi connectivity index (χ0v) is 12.3. The second-order valence-corrected chi connectivity index (χ2v) is 5.20. The van der Waals surface area contributed by atoms with Gasteiger partial charge < -0.3 is 5.32 Å². The molecule has 0 aromatic heterocycles. The Hall–Kier alpha value is -2.53. The Balaban J connectivity index is 2.10. The third-order valence-electron chi connectivity index (χ3n) is 3.14. The molecule has 0 heterocycles. The molecule has 0 radical (unpaired) electrons. The fourth-order valence-electron chi connectivity index (χ4n) is 1.87. The second-order valence-electron chi connectivity index (χ2n) is 5.20. The Bertz CT molecular complexity index is 636. The highest BCUT2D eigenvalue weighted by atomic mass is 16.1. The van der Waals surface area contributed by atoms with Crippen LogP contribution in [0.2, 0.25) is 0 Å². The van der Waals surface area contributed by atoms with Crippen LogP contribution >= 0.6 is 0 Å². The van der Waals surface area contributed by atoms with Gasteiger partial charge in [0.1, 0.15) is 0 Å². The van der Waals surface area contributed by atoms with Gasteiger partial charge in [0.15, 0.2) is 0 Å². The Morgan fingerprint density at radius 1 is 0.952 bits per heavy atom. The molecule has 2 rings (SSSR count). The van der Waals surface area contributed by atoms with Gasteiger partial charge in [0.05, 0.1) is 6.04 Å². The highest BCUT2D eigenvalue weighted by Crippen LogP contribution is 2.05. The van der Waals surface area contributed by atoms with Crippen LogP contribution in [0.3, 0.4) is 0 Å². The fourth-order valence-corrected chi connectivity index (χ4v) is 1.87. The lowest BCUT2D eigenvalue weighted by Gasteiger charge is -2.16. The van der Waals surface area contributed by atoms with E-state index in [1.54, 1.807) is 12.1 Å². The molecule has 2 aromatic rings. The first kappa shape index (κ1) is 14.9. The van der Waals surface area contributed by atoms with Crippen LogP contribution in [-0.2, 0) is 0 Å². The molecule has 2 nitrogen and oxygen atoms in total. The molecular formula is C19H19NO. The first-order valence-corrected chi connectivity index (χ1v) is 7.09. The summed E-state index contributed by atoms with van der Waals surface area (Å²) in [4.78, 5) is 12.2. The van der Waals surface area contributed by atoms with Crippen LogP contribution in [0.15, 0.2) is 60.7 Å². The lowest BCUT2D eigenvalue weighted by molar-refractivity contribution is 0.0938. The summed E-state index contributed by atoms with van der Waals surface area (Å²) in [6.45, 7) is 4.10. The van der Waals surface area contributed by atoms with Crippen LogP contribution in [0, 0.1) is 17.8 Å². The average molecular weight is 277 g/mol. The minimum atomic E-state index is -0.169. The Morgan fingerprint density at radius 2 is 1.52 bits per heavy atom. The first-order valence-electron chi connectivity index (χ1n) is 7.09. The standard InChI is InChI=1S/C19H19NO/c1-15(2)18(14-13-16-9-5-3-6-10-16)20-19(21)17-11-7-4-8-12-17/h3-12,15,18H,1-2H3,(H,20,21). The smallest absolute Gasteiger partial charge is 0.252 e. The van der Waals surface area contributed by atoms with Gasteiger partial charge in [0, 0.05) is 11.1 Å². The van der Waals surface area contributed by atoms with Crippen molar-refractivity contribution in [2.45, 2.75) is 19.9 Å². The number of benzene rings is 2. The maximum Gasteiger partial charge on any atom is 0.252 e. The summed E-state index contributed by atoms with van der Waals surface area (Å²) in [6.07, 6.45) is 0. The largest absolute Gasteiger partial charge is 0.338 e. The van der Waals surface area contributed by atoms with Crippen LogP contribution < -0.4 is 5.32 Å². The summed E-state index contributed by atoms with van der Waals surface area (Å²) >= 11 is 0. The molecule has 0 fully saturated rings. The van der Waals surface area contributed by atoms with Gasteiger partial charge in [-0.15, -0.1) is 0 Å². The molecule has 0 saturated carbocycles. The predicted molar refractivity (Wildman–Crippen MR) is 85.9 cm³/mol. The molecule has 0 aliphatic rings. The van der Waals surface area contributed by atoms with Gasteiger partial charge in [-0.25, -0.2) is 0 Å². The van der Waals surface area contributed by atoms with E-state index in [9.17, 15) is 4.79 Å². The van der Waals surface area contributed by atoms with Crippen molar-refractivity contribution in [3.63, 3.8) is 0 Å². The molecule has 2 aromatic carbocycles. The van der Waals surface area contributed by atoms with Gasteiger partial charge in [0.25, 0.3) is 5.91 Å². The van der Waals surface area contributed by atoms with E-state index in [0.717, 1.165) is 5.56 Å². The molecule has 1 amide bonds. The van der Waals surface area contributed by atoms with Crippen molar-refractivity contribution in [2.75, 3.05) is 0 Å². The lowest BCUT2D eigenvalue weighted by atomic mass is 10.0. The zero-order chi connectivity index (χ0) is 15.1. The monoisotopic (exact) mass is 277 g/mol. The molecule has 106 valence electrons. The minimum absolute atomic E-state index is 0.0864. The van der Waals surface area contributed by atoms with Crippen LogP contribution in [0.5, 0.6) is 0 Å². The van der Waals surface area contributed by atoms with E-state index >= 15 is 0 Å². The fraction of sp³-hybridized carbons (Fsp3) is 0.211. The molecule has 1 atom stereocenters.